The van der Waals surface area contributed by atoms with Gasteiger partial charge in [0.1, 0.15) is 16.5 Å². The molecule has 0 aliphatic carbocycles. The molecule has 0 aliphatic heterocycles. The van der Waals surface area contributed by atoms with Gasteiger partial charge in [-0.25, -0.2) is 4.98 Å². The topological polar surface area (TPSA) is 97.5 Å². The van der Waals surface area contributed by atoms with Crippen molar-refractivity contribution in [3.05, 3.63) is 45.9 Å². The average Bonchev–Trinajstić information content (AvgIpc) is 3.13. The summed E-state index contributed by atoms with van der Waals surface area (Å²) in [7, 11) is 3.35. The van der Waals surface area contributed by atoms with Crippen LogP contribution in [0.3, 0.4) is 0 Å². The third kappa shape index (κ3) is 6.20. The number of hydrogen-bond acceptors (Lipinski definition) is 6. The predicted molar refractivity (Wildman–Crippen MR) is 108 cm³/mol. The molecule has 2 rings (SSSR count). The minimum Gasteiger partial charge on any atom is -0.483 e. The van der Waals surface area contributed by atoms with Crippen molar-refractivity contribution in [3.63, 3.8) is 0 Å². The number of likely N-dealkylation sites (N-methyl/N-ethyl adjacent to an activating group) is 1. The summed E-state index contributed by atoms with van der Waals surface area (Å²) in [4.78, 5) is 29.9. The lowest BCUT2D eigenvalue weighted by molar-refractivity contribution is -0.130. The van der Waals surface area contributed by atoms with Crippen LogP contribution in [0.25, 0.3) is 0 Å². The molecule has 2 aromatic rings. The fraction of sp³-hybridized carbons (Fsp3) is 0.389. The van der Waals surface area contributed by atoms with Gasteiger partial charge in [0, 0.05) is 31.6 Å². The largest absolute Gasteiger partial charge is 0.483 e. The smallest absolute Gasteiger partial charge is 0.271 e. The van der Waals surface area contributed by atoms with Crippen molar-refractivity contribution >= 4 is 35.6 Å². The maximum absolute atomic E-state index is 12.5. The monoisotopic (exact) mass is 412 g/mol. The molecule has 1 aromatic heterocycles. The number of thiazole rings is 1. The molecule has 0 saturated heterocycles. The zero-order valence-corrected chi connectivity index (χ0v) is 17.2. The van der Waals surface area contributed by atoms with E-state index in [0.717, 1.165) is 5.56 Å². The number of aromatic nitrogens is 1. The fourth-order valence-corrected chi connectivity index (χ4v) is 2.96. The summed E-state index contributed by atoms with van der Waals surface area (Å²) >= 11 is 1.36. The Balaban J connectivity index is 0.00000364. The summed E-state index contributed by atoms with van der Waals surface area (Å²) in [6.45, 7) is 2.23. The van der Waals surface area contributed by atoms with E-state index in [2.05, 4.69) is 10.3 Å². The third-order valence-corrected chi connectivity index (χ3v) is 4.69. The van der Waals surface area contributed by atoms with E-state index in [9.17, 15) is 9.59 Å². The molecular weight excluding hydrogens is 388 g/mol. The highest BCUT2D eigenvalue weighted by Crippen LogP contribution is 2.27. The molecule has 3 N–H and O–H groups in total. The van der Waals surface area contributed by atoms with E-state index in [-0.39, 0.29) is 36.9 Å². The zero-order valence-electron chi connectivity index (χ0n) is 15.6. The van der Waals surface area contributed by atoms with Gasteiger partial charge in [0.15, 0.2) is 6.61 Å². The second kappa shape index (κ2) is 10.9. The summed E-state index contributed by atoms with van der Waals surface area (Å²) < 4.78 is 5.68. The first-order chi connectivity index (χ1) is 12.5. The number of nitrogens with zero attached hydrogens (tertiary/aromatic N) is 2. The molecule has 0 spiro atoms. The molecule has 1 atom stereocenters. The SMILES string of the molecule is CCC(NC(=O)c1csc(CN)n1)c1ccccc1OCC(=O)N(C)C.Cl. The number of hydrogen-bond donors (Lipinski definition) is 2. The molecular formula is C18H25ClN4O3S. The van der Waals surface area contributed by atoms with Crippen molar-refractivity contribution < 1.29 is 14.3 Å². The first-order valence-electron chi connectivity index (χ1n) is 8.33. The van der Waals surface area contributed by atoms with Gasteiger partial charge >= 0.3 is 0 Å². The number of amides is 2. The van der Waals surface area contributed by atoms with Gasteiger partial charge in [-0.2, -0.15) is 0 Å². The quantitative estimate of drug-likeness (QED) is 0.693. The number of ether oxygens (including phenoxy) is 1. The number of rotatable bonds is 8. The van der Waals surface area contributed by atoms with Crippen molar-refractivity contribution in [2.75, 3.05) is 20.7 Å². The standard InChI is InChI=1S/C18H24N4O3S.ClH/c1-4-13(21-18(24)14-11-26-16(9-19)20-14)12-7-5-6-8-15(12)25-10-17(23)22(2)3;/h5-8,11,13H,4,9-10,19H2,1-3H3,(H,21,24);1H. The molecule has 7 nitrogen and oxygen atoms in total. The van der Waals surface area contributed by atoms with Gasteiger partial charge in [0.2, 0.25) is 0 Å². The van der Waals surface area contributed by atoms with Crippen LogP contribution in [0.1, 0.15) is 40.4 Å². The Morgan fingerprint density at radius 1 is 1.33 bits per heavy atom. The van der Waals surface area contributed by atoms with Crippen LogP contribution in [0.15, 0.2) is 29.6 Å². The number of halogens is 1. The second-order valence-electron chi connectivity index (χ2n) is 5.88. The Morgan fingerprint density at radius 3 is 2.63 bits per heavy atom. The Bertz CT molecular complexity index is 767. The zero-order chi connectivity index (χ0) is 19.1. The summed E-state index contributed by atoms with van der Waals surface area (Å²) in [5.41, 5.74) is 6.73. The van der Waals surface area contributed by atoms with Crippen LogP contribution in [0.4, 0.5) is 0 Å². The summed E-state index contributed by atoms with van der Waals surface area (Å²) in [5.74, 6) is 0.191. The van der Waals surface area contributed by atoms with Crippen LogP contribution in [0.5, 0.6) is 5.75 Å². The number of benzene rings is 1. The molecule has 0 fully saturated rings. The van der Waals surface area contributed by atoms with Gasteiger partial charge in [-0.15, -0.1) is 23.7 Å². The van der Waals surface area contributed by atoms with Crippen molar-refractivity contribution in [1.29, 1.82) is 0 Å². The van der Waals surface area contributed by atoms with Gasteiger partial charge in [-0.3, -0.25) is 9.59 Å². The van der Waals surface area contributed by atoms with Gasteiger partial charge in [-0.1, -0.05) is 25.1 Å². The molecule has 1 aromatic carbocycles. The maximum atomic E-state index is 12.5. The molecule has 1 heterocycles. The highest BCUT2D eigenvalue weighted by Gasteiger charge is 2.20. The van der Waals surface area contributed by atoms with E-state index in [1.165, 1.54) is 16.2 Å². The van der Waals surface area contributed by atoms with E-state index in [1.807, 2.05) is 25.1 Å². The van der Waals surface area contributed by atoms with Gasteiger partial charge in [-0.05, 0) is 12.5 Å². The molecule has 27 heavy (non-hydrogen) atoms. The lowest BCUT2D eigenvalue weighted by Gasteiger charge is -2.20. The van der Waals surface area contributed by atoms with Crippen LogP contribution < -0.4 is 15.8 Å². The minimum atomic E-state index is -0.257. The van der Waals surface area contributed by atoms with E-state index in [1.54, 1.807) is 25.5 Å². The molecule has 0 radical (unpaired) electrons. The van der Waals surface area contributed by atoms with Crippen LogP contribution in [-0.4, -0.2) is 42.4 Å². The molecule has 0 bridgehead atoms. The van der Waals surface area contributed by atoms with Gasteiger partial charge in [0.05, 0.1) is 6.04 Å². The molecule has 148 valence electrons. The number of carbonyl (C=O) groups is 2. The van der Waals surface area contributed by atoms with Crippen molar-refractivity contribution in [1.82, 2.24) is 15.2 Å². The van der Waals surface area contributed by atoms with Crippen LogP contribution in [-0.2, 0) is 11.3 Å². The summed E-state index contributed by atoms with van der Waals surface area (Å²) in [6.07, 6.45) is 0.668. The first-order valence-corrected chi connectivity index (χ1v) is 9.21. The Morgan fingerprint density at radius 2 is 2.04 bits per heavy atom. The van der Waals surface area contributed by atoms with Gasteiger partial charge < -0.3 is 20.7 Å². The van der Waals surface area contributed by atoms with E-state index in [4.69, 9.17) is 10.5 Å². The molecule has 0 saturated carbocycles. The van der Waals surface area contributed by atoms with Crippen LogP contribution in [0.2, 0.25) is 0 Å². The third-order valence-electron chi connectivity index (χ3n) is 3.82. The molecule has 0 aliphatic rings. The number of nitrogens with two attached hydrogens (primary N) is 1. The highest BCUT2D eigenvalue weighted by molar-refractivity contribution is 7.09. The maximum Gasteiger partial charge on any atom is 0.271 e. The highest BCUT2D eigenvalue weighted by atomic mass is 35.5. The number of para-hydroxylation sites is 1. The summed E-state index contributed by atoms with van der Waals surface area (Å²) in [5, 5.41) is 5.39. The number of nitrogens with one attached hydrogen (secondary N) is 1. The van der Waals surface area contributed by atoms with E-state index in [0.29, 0.717) is 29.4 Å². The lowest BCUT2D eigenvalue weighted by Crippen LogP contribution is -2.30. The van der Waals surface area contributed by atoms with E-state index >= 15 is 0 Å². The Labute approximate surface area is 169 Å². The number of carbonyl (C=O) groups excluding carboxylic acids is 2. The first kappa shape index (κ1) is 22.9. The fourth-order valence-electron chi connectivity index (χ4n) is 2.31. The lowest BCUT2D eigenvalue weighted by atomic mass is 10.0. The van der Waals surface area contributed by atoms with Crippen molar-refractivity contribution in [2.24, 2.45) is 5.73 Å². The van der Waals surface area contributed by atoms with Crippen molar-refractivity contribution in [3.8, 4) is 5.75 Å². The van der Waals surface area contributed by atoms with Crippen LogP contribution >= 0.6 is 23.7 Å². The van der Waals surface area contributed by atoms with E-state index < -0.39 is 0 Å². The minimum absolute atomic E-state index is 0. The molecule has 2 amide bonds. The predicted octanol–water partition coefficient (Wildman–Crippen LogP) is 2.37. The van der Waals surface area contributed by atoms with Crippen molar-refractivity contribution in [2.45, 2.75) is 25.9 Å². The summed E-state index contributed by atoms with van der Waals surface area (Å²) in [6, 6.07) is 7.14. The second-order valence-corrected chi connectivity index (χ2v) is 6.82. The molecule has 9 heteroatoms. The average molecular weight is 413 g/mol. The van der Waals surface area contributed by atoms with Gasteiger partial charge in [0.25, 0.3) is 11.8 Å². The Kier molecular flexibility index (Phi) is 9.20. The Hall–Kier alpha value is -2.16. The normalized spacial score (nSPS) is 11.3. The molecule has 1 unspecified atom stereocenters. The van der Waals surface area contributed by atoms with Crippen LogP contribution in [0, 0.1) is 0 Å².